The van der Waals surface area contributed by atoms with E-state index in [-0.39, 0.29) is 22.9 Å². The van der Waals surface area contributed by atoms with Crippen LogP contribution in [-0.4, -0.2) is 35.7 Å². The summed E-state index contributed by atoms with van der Waals surface area (Å²) in [5.41, 5.74) is 0.874. The normalized spacial score (nSPS) is 47.4. The number of allylic oxidation sites excluding steroid dienone is 2. The van der Waals surface area contributed by atoms with Crippen molar-refractivity contribution in [3.8, 4) is 0 Å². The molecule has 4 aliphatic carbocycles. The van der Waals surface area contributed by atoms with Crippen LogP contribution in [0.1, 0.15) is 85.5 Å². The number of hydrogen-bond donors (Lipinski definition) is 1. The van der Waals surface area contributed by atoms with E-state index in [1.807, 2.05) is 13.2 Å². The van der Waals surface area contributed by atoms with Gasteiger partial charge in [-0.25, -0.2) is 0 Å². The minimum Gasteiger partial charge on any atom is -0.497 e. The smallest absolute Gasteiger partial charge is 0.304 e. The Morgan fingerprint density at radius 2 is 1.94 bits per heavy atom. The largest absolute Gasteiger partial charge is 0.497 e. The topological polar surface area (TPSA) is 65.0 Å². The lowest BCUT2D eigenvalue weighted by molar-refractivity contribution is -0.221. The second-order valence-corrected chi connectivity index (χ2v) is 12.0. The van der Waals surface area contributed by atoms with Crippen molar-refractivity contribution < 1.29 is 24.1 Å². The summed E-state index contributed by atoms with van der Waals surface area (Å²) in [6.45, 7) is 8.77. The van der Waals surface area contributed by atoms with Crippen LogP contribution in [-0.2, 0) is 19.0 Å². The summed E-state index contributed by atoms with van der Waals surface area (Å²) >= 11 is 0. The average Bonchev–Trinajstić information content (AvgIpc) is 3.05. The molecule has 184 valence electrons. The van der Waals surface area contributed by atoms with Crippen LogP contribution in [0.2, 0.25) is 0 Å². The van der Waals surface area contributed by atoms with Crippen LogP contribution >= 0.6 is 0 Å². The molecule has 0 aromatic rings. The van der Waals surface area contributed by atoms with Gasteiger partial charge in [0, 0.05) is 12.3 Å². The van der Waals surface area contributed by atoms with Crippen molar-refractivity contribution in [2.24, 2.45) is 34.5 Å². The van der Waals surface area contributed by atoms with Crippen molar-refractivity contribution >= 4 is 5.97 Å². The van der Waals surface area contributed by atoms with Crippen molar-refractivity contribution in [3.63, 3.8) is 0 Å². The highest BCUT2D eigenvalue weighted by Gasteiger charge is 2.67. The molecule has 0 bridgehead atoms. The van der Waals surface area contributed by atoms with Gasteiger partial charge in [-0.15, -0.1) is 0 Å². The Kier molecular flexibility index (Phi) is 5.96. The molecule has 0 spiro atoms. The second kappa shape index (κ2) is 8.41. The van der Waals surface area contributed by atoms with E-state index >= 15 is 0 Å². The number of carbonyl (C=O) groups is 1. The van der Waals surface area contributed by atoms with Gasteiger partial charge in [0.25, 0.3) is 0 Å². The van der Waals surface area contributed by atoms with Gasteiger partial charge in [-0.2, -0.15) is 0 Å². The summed E-state index contributed by atoms with van der Waals surface area (Å²) in [5, 5.41) is 12.4. The maximum Gasteiger partial charge on any atom is 0.304 e. The number of ether oxygens (including phenoxy) is 3. The molecule has 0 aromatic heterocycles. The maximum atomic E-state index is 12.4. The number of fused-ring (bicyclic) bond motifs is 5. The van der Waals surface area contributed by atoms with Crippen LogP contribution < -0.4 is 0 Å². The van der Waals surface area contributed by atoms with Crippen LogP contribution in [0, 0.1) is 34.5 Å². The summed E-state index contributed by atoms with van der Waals surface area (Å²) in [7, 11) is 0. The first-order chi connectivity index (χ1) is 15.7. The minimum absolute atomic E-state index is 0.0754. The Balaban J connectivity index is 1.32. The zero-order chi connectivity index (χ0) is 23.4. The standard InChI is InChI=1S/C28H42O5/c1-18(29)32-19(2)33-22-9-12-26(3)21(16-22)7-8-25-24(26)10-13-27(4)23(11-14-28(25,27)30)20-6-5-15-31-17-20/h5-6,17,19,21-25,30H,7-16H2,1-4H3/t19?,21-,22+,23-,24?,25-,26+,27-,28+/m1/s1. The zero-order valence-electron chi connectivity index (χ0n) is 20.8. The van der Waals surface area contributed by atoms with Crippen LogP contribution in [0.3, 0.4) is 0 Å². The van der Waals surface area contributed by atoms with Crippen LogP contribution in [0.25, 0.3) is 0 Å². The summed E-state index contributed by atoms with van der Waals surface area (Å²) < 4.78 is 17.0. The van der Waals surface area contributed by atoms with E-state index < -0.39 is 11.9 Å². The molecule has 9 atom stereocenters. The Bertz CT molecular complexity index is 834. The van der Waals surface area contributed by atoms with E-state index in [4.69, 9.17) is 14.2 Å². The third kappa shape index (κ3) is 3.69. The molecule has 5 nitrogen and oxygen atoms in total. The first-order valence-corrected chi connectivity index (χ1v) is 13.2. The molecule has 5 rings (SSSR count). The zero-order valence-corrected chi connectivity index (χ0v) is 20.8. The van der Waals surface area contributed by atoms with Gasteiger partial charge < -0.3 is 19.3 Å². The molecule has 0 amide bonds. The fourth-order valence-corrected chi connectivity index (χ4v) is 9.00. The highest BCUT2D eigenvalue weighted by atomic mass is 16.7. The number of hydrogen-bond acceptors (Lipinski definition) is 5. The molecule has 33 heavy (non-hydrogen) atoms. The third-order valence-electron chi connectivity index (χ3n) is 10.6. The molecule has 5 aliphatic rings. The number of carbonyl (C=O) groups excluding carboxylic acids is 1. The van der Waals surface area contributed by atoms with Gasteiger partial charge in [0.1, 0.15) is 6.61 Å². The lowest BCUT2D eigenvalue weighted by atomic mass is 9.43. The van der Waals surface area contributed by atoms with Crippen LogP contribution in [0.4, 0.5) is 0 Å². The Morgan fingerprint density at radius 3 is 2.67 bits per heavy atom. The first kappa shape index (κ1) is 23.4. The van der Waals surface area contributed by atoms with Crippen molar-refractivity contribution in [2.75, 3.05) is 6.61 Å². The molecule has 5 heteroatoms. The molecular weight excluding hydrogens is 416 g/mol. The molecule has 0 radical (unpaired) electrons. The maximum absolute atomic E-state index is 12.4. The van der Waals surface area contributed by atoms with Crippen molar-refractivity contribution in [3.05, 3.63) is 24.0 Å². The third-order valence-corrected chi connectivity index (χ3v) is 10.6. The van der Waals surface area contributed by atoms with E-state index in [9.17, 15) is 9.90 Å². The van der Waals surface area contributed by atoms with Gasteiger partial charge in [-0.1, -0.05) is 19.9 Å². The fourth-order valence-electron chi connectivity index (χ4n) is 9.00. The van der Waals surface area contributed by atoms with Gasteiger partial charge >= 0.3 is 5.97 Å². The van der Waals surface area contributed by atoms with E-state index in [1.165, 1.54) is 18.9 Å². The van der Waals surface area contributed by atoms with E-state index in [0.29, 0.717) is 30.3 Å². The predicted molar refractivity (Wildman–Crippen MR) is 126 cm³/mol. The molecule has 4 fully saturated rings. The van der Waals surface area contributed by atoms with Gasteiger partial charge in [-0.3, -0.25) is 4.79 Å². The Morgan fingerprint density at radius 1 is 1.12 bits per heavy atom. The summed E-state index contributed by atoms with van der Waals surface area (Å²) in [6.07, 6.45) is 15.7. The molecule has 4 saturated carbocycles. The van der Waals surface area contributed by atoms with Crippen molar-refractivity contribution in [1.82, 2.24) is 0 Å². The highest BCUT2D eigenvalue weighted by molar-refractivity contribution is 5.65. The van der Waals surface area contributed by atoms with Gasteiger partial charge in [0.05, 0.1) is 18.0 Å². The molecular formula is C28H42O5. The minimum atomic E-state index is -0.585. The molecule has 2 unspecified atom stereocenters. The van der Waals surface area contributed by atoms with Crippen molar-refractivity contribution in [1.29, 1.82) is 0 Å². The molecule has 0 aromatic carbocycles. The molecule has 1 N–H and O–H groups in total. The average molecular weight is 459 g/mol. The second-order valence-electron chi connectivity index (χ2n) is 12.0. The highest BCUT2D eigenvalue weighted by Crippen LogP contribution is 2.70. The number of esters is 1. The summed E-state index contributed by atoms with van der Waals surface area (Å²) in [6, 6.07) is 0. The molecule has 1 aliphatic heterocycles. The first-order valence-electron chi connectivity index (χ1n) is 13.2. The van der Waals surface area contributed by atoms with E-state index in [2.05, 4.69) is 26.0 Å². The van der Waals surface area contributed by atoms with E-state index in [1.54, 1.807) is 0 Å². The van der Waals surface area contributed by atoms with Gasteiger partial charge in [0.15, 0.2) is 6.29 Å². The van der Waals surface area contributed by atoms with E-state index in [0.717, 1.165) is 51.4 Å². The monoisotopic (exact) mass is 458 g/mol. The lowest BCUT2D eigenvalue weighted by Gasteiger charge is -2.63. The summed E-state index contributed by atoms with van der Waals surface area (Å²) in [5.74, 6) is 1.67. The quantitative estimate of drug-likeness (QED) is 0.444. The SMILES string of the molecule is CC(=O)OC(C)O[C@H]1CC[C@]2(C)C3CC[C@]4(C)[C@@H](C5=COCC=C5)CC[C@]4(O)[C@@H]3CC[C@@H]2C1. The Labute approximate surface area is 198 Å². The Hall–Kier alpha value is -1.33. The predicted octanol–water partition coefficient (Wildman–Crippen LogP) is 5.52. The van der Waals surface area contributed by atoms with Gasteiger partial charge in [-0.05, 0) is 105 Å². The molecule has 0 saturated heterocycles. The number of rotatable bonds is 4. The summed E-state index contributed by atoms with van der Waals surface area (Å²) in [4.78, 5) is 11.3. The van der Waals surface area contributed by atoms with Crippen LogP contribution in [0.5, 0.6) is 0 Å². The lowest BCUT2D eigenvalue weighted by Crippen LogP contribution is -2.62. The molecule has 1 heterocycles. The van der Waals surface area contributed by atoms with Gasteiger partial charge in [0.2, 0.25) is 0 Å². The van der Waals surface area contributed by atoms with Crippen molar-refractivity contribution in [2.45, 2.75) is 103 Å². The van der Waals surface area contributed by atoms with Crippen LogP contribution in [0.15, 0.2) is 24.0 Å². The fraction of sp³-hybridized carbons (Fsp3) is 0.821. The number of aliphatic hydroxyl groups is 1.